The van der Waals surface area contributed by atoms with Crippen LogP contribution in [0.15, 0.2) is 114 Å². The van der Waals surface area contributed by atoms with Crippen LogP contribution >= 0.6 is 11.6 Å². The van der Waals surface area contributed by atoms with Gasteiger partial charge in [-0.2, -0.15) is 10.2 Å². The third-order valence-electron chi connectivity index (χ3n) is 5.94. The maximum atomic E-state index is 13.0. The highest BCUT2D eigenvalue weighted by Crippen LogP contribution is 2.25. The molecule has 1 amide bonds. The molecule has 7 nitrogen and oxygen atoms in total. The van der Waals surface area contributed by atoms with Gasteiger partial charge in [0.15, 0.2) is 0 Å². The second-order valence-corrected chi connectivity index (χ2v) is 8.99. The van der Waals surface area contributed by atoms with Crippen LogP contribution in [0.1, 0.15) is 21.5 Å². The smallest absolute Gasteiger partial charge is 0.275 e. The highest BCUT2D eigenvalue weighted by molar-refractivity contribution is 6.30. The number of carbonyl (C=O) groups is 1. The van der Waals surface area contributed by atoms with Gasteiger partial charge < -0.3 is 9.47 Å². The molecular formula is C31H25ClN4O3. The number of amides is 1. The lowest BCUT2D eigenvalue weighted by molar-refractivity contribution is 0.0950. The molecule has 0 aliphatic carbocycles. The lowest BCUT2D eigenvalue weighted by Crippen LogP contribution is -2.18. The van der Waals surface area contributed by atoms with E-state index in [1.165, 1.54) is 0 Å². The molecule has 0 unspecified atom stereocenters. The van der Waals surface area contributed by atoms with Gasteiger partial charge in [-0.05, 0) is 66.2 Å². The van der Waals surface area contributed by atoms with E-state index < -0.39 is 0 Å². The molecule has 39 heavy (non-hydrogen) atoms. The number of para-hydroxylation sites is 2. The molecule has 1 N–H and O–H groups in total. The Hall–Kier alpha value is -4.88. The molecule has 194 valence electrons. The van der Waals surface area contributed by atoms with Gasteiger partial charge in [0.1, 0.15) is 23.8 Å². The van der Waals surface area contributed by atoms with Crippen molar-refractivity contribution in [1.82, 2.24) is 15.2 Å². The summed E-state index contributed by atoms with van der Waals surface area (Å²) in [5.74, 6) is 0.816. The average molecular weight is 537 g/mol. The van der Waals surface area contributed by atoms with Crippen molar-refractivity contribution in [1.29, 1.82) is 0 Å². The first-order chi connectivity index (χ1) is 19.1. The van der Waals surface area contributed by atoms with Gasteiger partial charge in [0.05, 0.1) is 24.6 Å². The Bertz CT molecular complexity index is 1580. The molecule has 0 saturated carbocycles. The summed E-state index contributed by atoms with van der Waals surface area (Å²) in [6.07, 6.45) is 3.45. The first-order valence-corrected chi connectivity index (χ1v) is 12.6. The van der Waals surface area contributed by atoms with Gasteiger partial charge in [-0.15, -0.1) is 0 Å². The molecule has 5 rings (SSSR count). The summed E-state index contributed by atoms with van der Waals surface area (Å²) in [6, 6.07) is 31.8. The van der Waals surface area contributed by atoms with E-state index in [0.29, 0.717) is 28.6 Å². The van der Waals surface area contributed by atoms with Crippen LogP contribution in [0.25, 0.3) is 16.9 Å². The molecule has 0 aliphatic rings. The van der Waals surface area contributed by atoms with Crippen molar-refractivity contribution < 1.29 is 14.3 Å². The largest absolute Gasteiger partial charge is 0.497 e. The molecule has 1 aromatic heterocycles. The van der Waals surface area contributed by atoms with Crippen LogP contribution in [0.2, 0.25) is 5.02 Å². The highest BCUT2D eigenvalue weighted by atomic mass is 35.5. The maximum absolute atomic E-state index is 13.0. The number of nitrogens with one attached hydrogen (secondary N) is 1. The van der Waals surface area contributed by atoms with Crippen LogP contribution in [0.3, 0.4) is 0 Å². The minimum Gasteiger partial charge on any atom is -0.497 e. The van der Waals surface area contributed by atoms with E-state index in [0.717, 1.165) is 28.1 Å². The van der Waals surface area contributed by atoms with Crippen molar-refractivity contribution in [3.05, 3.63) is 131 Å². The maximum Gasteiger partial charge on any atom is 0.275 e. The second-order valence-electron chi connectivity index (χ2n) is 8.55. The number of benzene rings is 4. The molecular weight excluding hydrogens is 512 g/mol. The van der Waals surface area contributed by atoms with Gasteiger partial charge in [0.25, 0.3) is 5.91 Å². The van der Waals surface area contributed by atoms with Crippen LogP contribution in [-0.4, -0.2) is 29.0 Å². The van der Waals surface area contributed by atoms with Gasteiger partial charge in [0.2, 0.25) is 0 Å². The van der Waals surface area contributed by atoms with Crippen molar-refractivity contribution in [3.63, 3.8) is 0 Å². The van der Waals surface area contributed by atoms with E-state index in [-0.39, 0.29) is 5.91 Å². The molecule has 0 bridgehead atoms. The van der Waals surface area contributed by atoms with Crippen molar-refractivity contribution >= 4 is 23.7 Å². The predicted molar refractivity (Wildman–Crippen MR) is 153 cm³/mol. The fourth-order valence-electron chi connectivity index (χ4n) is 3.91. The van der Waals surface area contributed by atoms with Gasteiger partial charge in [-0.1, -0.05) is 54.1 Å². The Morgan fingerprint density at radius 3 is 2.41 bits per heavy atom. The zero-order valence-electron chi connectivity index (χ0n) is 21.1. The summed E-state index contributed by atoms with van der Waals surface area (Å²) in [7, 11) is 1.63. The number of ether oxygens (including phenoxy) is 2. The predicted octanol–water partition coefficient (Wildman–Crippen LogP) is 6.54. The number of hydrogen-bond donors (Lipinski definition) is 1. The molecule has 8 heteroatoms. The third kappa shape index (κ3) is 6.34. The summed E-state index contributed by atoms with van der Waals surface area (Å²) in [6.45, 7) is 0.300. The Morgan fingerprint density at radius 1 is 0.949 bits per heavy atom. The Balaban J connectivity index is 1.35. The standard InChI is InChI=1S/C31H25ClN4O3/c1-38-27-17-13-23(14-18-27)30-24(20-36(35-30)26-7-3-2-4-8-26)19-33-34-31(37)28-9-5-6-10-29(28)39-21-22-11-15-25(32)16-12-22/h2-20H,21H2,1H3,(H,34,37)/b33-19-. The van der Waals surface area contributed by atoms with Gasteiger partial charge in [-0.3, -0.25) is 4.79 Å². The third-order valence-corrected chi connectivity index (χ3v) is 6.19. The molecule has 5 aromatic rings. The summed E-state index contributed by atoms with van der Waals surface area (Å²) in [5, 5.41) is 9.67. The first kappa shape index (κ1) is 25.8. The Labute approximate surface area is 231 Å². The van der Waals surface area contributed by atoms with Crippen LogP contribution in [-0.2, 0) is 6.61 Å². The number of aromatic nitrogens is 2. The number of rotatable bonds is 9. The normalized spacial score (nSPS) is 10.9. The van der Waals surface area contributed by atoms with Gasteiger partial charge in [0, 0.05) is 22.3 Å². The Kier molecular flexibility index (Phi) is 8.00. The summed E-state index contributed by atoms with van der Waals surface area (Å²) in [5.41, 5.74) is 7.17. The van der Waals surface area contributed by atoms with Crippen LogP contribution in [0, 0.1) is 0 Å². The fraction of sp³-hybridized carbons (Fsp3) is 0.0645. The van der Waals surface area contributed by atoms with Gasteiger partial charge >= 0.3 is 0 Å². The summed E-state index contributed by atoms with van der Waals surface area (Å²) >= 11 is 5.96. The molecule has 1 heterocycles. The van der Waals surface area contributed by atoms with Gasteiger partial charge in [-0.25, -0.2) is 10.1 Å². The van der Waals surface area contributed by atoms with Crippen LogP contribution in [0.5, 0.6) is 11.5 Å². The van der Waals surface area contributed by atoms with Crippen molar-refractivity contribution in [3.8, 4) is 28.4 Å². The minimum atomic E-state index is -0.389. The van der Waals surface area contributed by atoms with Crippen LogP contribution < -0.4 is 14.9 Å². The summed E-state index contributed by atoms with van der Waals surface area (Å²) < 4.78 is 13.0. The molecule has 0 atom stereocenters. The minimum absolute atomic E-state index is 0.300. The topological polar surface area (TPSA) is 77.7 Å². The lowest BCUT2D eigenvalue weighted by atomic mass is 10.1. The van der Waals surface area contributed by atoms with Crippen molar-refractivity contribution in [2.45, 2.75) is 6.61 Å². The molecule has 0 radical (unpaired) electrons. The average Bonchev–Trinajstić information content (AvgIpc) is 3.41. The first-order valence-electron chi connectivity index (χ1n) is 12.2. The monoisotopic (exact) mass is 536 g/mol. The van der Waals surface area contributed by atoms with Crippen molar-refractivity contribution in [2.75, 3.05) is 7.11 Å². The quantitative estimate of drug-likeness (QED) is 0.171. The van der Waals surface area contributed by atoms with E-state index in [4.69, 9.17) is 26.2 Å². The molecule has 0 spiro atoms. The zero-order valence-corrected chi connectivity index (χ0v) is 21.9. The lowest BCUT2D eigenvalue weighted by Gasteiger charge is -2.10. The molecule has 0 aliphatic heterocycles. The number of halogens is 1. The SMILES string of the molecule is COc1ccc(-c2nn(-c3ccccc3)cc2/C=N\NC(=O)c2ccccc2OCc2ccc(Cl)cc2)cc1. The fourth-order valence-corrected chi connectivity index (χ4v) is 4.04. The zero-order chi connectivity index (χ0) is 27.0. The molecule has 0 fully saturated rings. The van der Waals surface area contributed by atoms with E-state index in [2.05, 4.69) is 10.5 Å². The number of hydrogen-bond acceptors (Lipinski definition) is 5. The number of hydrazone groups is 1. The van der Waals surface area contributed by atoms with E-state index >= 15 is 0 Å². The van der Waals surface area contributed by atoms with Crippen LogP contribution in [0.4, 0.5) is 0 Å². The van der Waals surface area contributed by atoms with E-state index in [1.54, 1.807) is 48.3 Å². The van der Waals surface area contributed by atoms with E-state index in [9.17, 15) is 4.79 Å². The Morgan fingerprint density at radius 2 is 1.67 bits per heavy atom. The summed E-state index contributed by atoms with van der Waals surface area (Å²) in [4.78, 5) is 13.0. The number of methoxy groups -OCH3 is 1. The van der Waals surface area contributed by atoms with Crippen molar-refractivity contribution in [2.24, 2.45) is 5.10 Å². The highest BCUT2D eigenvalue weighted by Gasteiger charge is 2.14. The van der Waals surface area contributed by atoms with E-state index in [1.807, 2.05) is 79.0 Å². The second kappa shape index (κ2) is 12.1. The molecule has 4 aromatic carbocycles. The number of nitrogens with zero attached hydrogens (tertiary/aromatic N) is 3. The molecule has 0 saturated heterocycles. The number of carbonyl (C=O) groups excluding carboxylic acids is 1.